The lowest BCUT2D eigenvalue weighted by molar-refractivity contribution is -0.139. The third-order valence-electron chi connectivity index (χ3n) is 3.32. The highest BCUT2D eigenvalue weighted by Crippen LogP contribution is 2.06. The van der Waals surface area contributed by atoms with E-state index in [1.54, 1.807) is 4.90 Å². The molecule has 0 aliphatic heterocycles. The van der Waals surface area contributed by atoms with E-state index < -0.39 is 12.0 Å². The summed E-state index contributed by atoms with van der Waals surface area (Å²) >= 11 is 0. The number of hydrogen-bond donors (Lipinski definition) is 2. The molecule has 1 aromatic rings. The van der Waals surface area contributed by atoms with Crippen LogP contribution in [0.1, 0.15) is 32.3 Å². The summed E-state index contributed by atoms with van der Waals surface area (Å²) in [6.07, 6.45) is 1.86. The fraction of sp³-hybridized carbons (Fsp3) is 0.500. The molecule has 2 N–H and O–H groups in total. The summed E-state index contributed by atoms with van der Waals surface area (Å²) < 4.78 is 0. The zero-order valence-electron chi connectivity index (χ0n) is 12.7. The highest BCUT2D eigenvalue weighted by Gasteiger charge is 2.22. The molecular weight excluding hydrogens is 268 g/mol. The van der Waals surface area contributed by atoms with Gasteiger partial charge in [0.1, 0.15) is 6.04 Å². The summed E-state index contributed by atoms with van der Waals surface area (Å²) in [4.78, 5) is 25.0. The molecular formula is C16H24N2O3. The lowest BCUT2D eigenvalue weighted by Crippen LogP contribution is -2.48. The van der Waals surface area contributed by atoms with Crippen molar-refractivity contribution in [3.05, 3.63) is 35.9 Å². The zero-order chi connectivity index (χ0) is 15.7. The molecule has 0 unspecified atom stereocenters. The number of benzene rings is 1. The molecule has 0 saturated heterocycles. The maximum Gasteiger partial charge on any atom is 0.326 e. The van der Waals surface area contributed by atoms with E-state index in [1.165, 1.54) is 0 Å². The van der Waals surface area contributed by atoms with Gasteiger partial charge in [0.2, 0.25) is 0 Å². The molecule has 0 fully saturated rings. The van der Waals surface area contributed by atoms with Gasteiger partial charge in [-0.2, -0.15) is 0 Å². The minimum absolute atomic E-state index is 0.306. The molecule has 0 aliphatic rings. The van der Waals surface area contributed by atoms with E-state index >= 15 is 0 Å². The summed E-state index contributed by atoms with van der Waals surface area (Å²) in [6.45, 7) is 5.08. The van der Waals surface area contributed by atoms with Gasteiger partial charge in [0, 0.05) is 13.1 Å². The van der Waals surface area contributed by atoms with E-state index in [2.05, 4.69) is 5.32 Å². The summed E-state index contributed by atoms with van der Waals surface area (Å²) in [6, 6.07) is 8.51. The van der Waals surface area contributed by atoms with Gasteiger partial charge in [-0.25, -0.2) is 9.59 Å². The second-order valence-electron chi connectivity index (χ2n) is 4.94. The molecule has 0 radical (unpaired) electrons. The Labute approximate surface area is 126 Å². The maximum absolute atomic E-state index is 12.0. The number of carboxylic acid groups (broad SMARTS) is 1. The first-order valence-electron chi connectivity index (χ1n) is 7.40. The fourth-order valence-corrected chi connectivity index (χ4v) is 2.13. The first-order chi connectivity index (χ1) is 10.1. The molecule has 0 aromatic heterocycles. The van der Waals surface area contributed by atoms with Crippen molar-refractivity contribution < 1.29 is 14.7 Å². The van der Waals surface area contributed by atoms with Crippen LogP contribution in [0.3, 0.4) is 0 Å². The van der Waals surface area contributed by atoms with E-state index in [1.807, 2.05) is 44.2 Å². The zero-order valence-corrected chi connectivity index (χ0v) is 12.7. The smallest absolute Gasteiger partial charge is 0.326 e. The number of carbonyl (C=O) groups excluding carboxylic acids is 1. The van der Waals surface area contributed by atoms with Crippen molar-refractivity contribution in [3.63, 3.8) is 0 Å². The van der Waals surface area contributed by atoms with Gasteiger partial charge in [0.05, 0.1) is 0 Å². The van der Waals surface area contributed by atoms with Gasteiger partial charge in [0.15, 0.2) is 0 Å². The molecule has 5 nitrogen and oxygen atoms in total. The van der Waals surface area contributed by atoms with E-state index in [0.717, 1.165) is 12.0 Å². The first-order valence-corrected chi connectivity index (χ1v) is 7.40. The summed E-state index contributed by atoms with van der Waals surface area (Å²) in [7, 11) is 0. The summed E-state index contributed by atoms with van der Waals surface area (Å²) in [5.41, 5.74) is 1.07. The third kappa shape index (κ3) is 5.85. The monoisotopic (exact) mass is 292 g/mol. The molecule has 0 bridgehead atoms. The molecule has 1 rings (SSSR count). The molecule has 116 valence electrons. The van der Waals surface area contributed by atoms with Gasteiger partial charge < -0.3 is 15.3 Å². The number of carboxylic acids is 1. The average molecular weight is 292 g/mol. The number of nitrogens with zero attached hydrogens (tertiary/aromatic N) is 1. The number of hydrogen-bond acceptors (Lipinski definition) is 2. The number of amides is 2. The molecule has 0 aliphatic carbocycles. The van der Waals surface area contributed by atoms with Crippen LogP contribution in [0.5, 0.6) is 0 Å². The van der Waals surface area contributed by atoms with E-state index in [4.69, 9.17) is 0 Å². The van der Waals surface area contributed by atoms with E-state index in [-0.39, 0.29) is 6.03 Å². The Balaban J connectivity index is 2.57. The summed E-state index contributed by atoms with van der Waals surface area (Å²) in [5, 5.41) is 11.9. The van der Waals surface area contributed by atoms with Crippen LogP contribution in [0.25, 0.3) is 0 Å². The van der Waals surface area contributed by atoms with Crippen molar-refractivity contribution in [2.45, 2.75) is 39.2 Å². The van der Waals surface area contributed by atoms with Crippen LogP contribution in [0, 0.1) is 0 Å². The second kappa shape index (κ2) is 9.00. The van der Waals surface area contributed by atoms with Gasteiger partial charge in [0.25, 0.3) is 0 Å². The van der Waals surface area contributed by atoms with Gasteiger partial charge in [-0.1, -0.05) is 37.3 Å². The Bertz CT molecular complexity index is 448. The number of carbonyl (C=O) groups is 2. The van der Waals surface area contributed by atoms with E-state index in [0.29, 0.717) is 25.9 Å². The Morgan fingerprint density at radius 2 is 1.90 bits per heavy atom. The predicted octanol–water partition coefficient (Wildman–Crippen LogP) is 2.51. The maximum atomic E-state index is 12.0. The predicted molar refractivity (Wildman–Crippen MR) is 82.3 cm³/mol. The van der Waals surface area contributed by atoms with Crippen molar-refractivity contribution in [1.29, 1.82) is 0 Å². The topological polar surface area (TPSA) is 69.6 Å². The lowest BCUT2D eigenvalue weighted by atomic mass is 10.1. The van der Waals surface area contributed by atoms with Crippen LogP contribution in [-0.2, 0) is 11.2 Å². The number of aliphatic carboxylic acids is 1. The van der Waals surface area contributed by atoms with Crippen molar-refractivity contribution in [2.24, 2.45) is 0 Å². The normalized spacial score (nSPS) is 11.7. The van der Waals surface area contributed by atoms with Crippen LogP contribution in [0.15, 0.2) is 30.3 Å². The van der Waals surface area contributed by atoms with Crippen LogP contribution < -0.4 is 5.32 Å². The minimum Gasteiger partial charge on any atom is -0.480 e. The molecule has 0 spiro atoms. The SMILES string of the molecule is CCCN(CC)C(=O)N[C@@H](CCc1ccccc1)C(=O)O. The van der Waals surface area contributed by atoms with Crippen LogP contribution in [0.4, 0.5) is 4.79 Å². The quantitative estimate of drug-likeness (QED) is 0.773. The highest BCUT2D eigenvalue weighted by molar-refractivity contribution is 5.82. The molecule has 1 aromatic carbocycles. The van der Waals surface area contributed by atoms with Gasteiger partial charge in [-0.15, -0.1) is 0 Å². The second-order valence-corrected chi connectivity index (χ2v) is 4.94. The number of rotatable bonds is 8. The van der Waals surface area contributed by atoms with Gasteiger partial charge in [-0.05, 0) is 31.7 Å². The van der Waals surface area contributed by atoms with Gasteiger partial charge in [-0.3, -0.25) is 0 Å². The largest absolute Gasteiger partial charge is 0.480 e. The van der Waals surface area contributed by atoms with Crippen molar-refractivity contribution in [3.8, 4) is 0 Å². The molecule has 0 saturated carbocycles. The van der Waals surface area contributed by atoms with Crippen molar-refractivity contribution >= 4 is 12.0 Å². The third-order valence-corrected chi connectivity index (χ3v) is 3.32. The van der Waals surface area contributed by atoms with Crippen LogP contribution in [-0.4, -0.2) is 41.1 Å². The van der Waals surface area contributed by atoms with Crippen LogP contribution in [0.2, 0.25) is 0 Å². The Morgan fingerprint density at radius 3 is 2.43 bits per heavy atom. The highest BCUT2D eigenvalue weighted by atomic mass is 16.4. The Morgan fingerprint density at radius 1 is 1.24 bits per heavy atom. The first kappa shape index (κ1) is 17.0. The molecule has 2 amide bonds. The minimum atomic E-state index is -0.994. The van der Waals surface area contributed by atoms with Crippen molar-refractivity contribution in [2.75, 3.05) is 13.1 Å². The van der Waals surface area contributed by atoms with Gasteiger partial charge >= 0.3 is 12.0 Å². The average Bonchev–Trinajstić information content (AvgIpc) is 2.49. The number of urea groups is 1. The van der Waals surface area contributed by atoms with E-state index in [9.17, 15) is 14.7 Å². The molecule has 5 heteroatoms. The molecule has 21 heavy (non-hydrogen) atoms. The van der Waals surface area contributed by atoms with Crippen molar-refractivity contribution in [1.82, 2.24) is 10.2 Å². The molecule has 1 atom stereocenters. The number of aryl methyl sites for hydroxylation is 1. The summed E-state index contributed by atoms with van der Waals surface area (Å²) in [5.74, 6) is -0.994. The number of nitrogens with one attached hydrogen (secondary N) is 1. The standard InChI is InChI=1S/C16H24N2O3/c1-3-12-18(4-2)16(21)17-14(15(19)20)11-10-13-8-6-5-7-9-13/h5-9,14H,3-4,10-12H2,1-2H3,(H,17,21)(H,19,20)/t14-/m0/s1. The van der Waals surface area contributed by atoms with Crippen LogP contribution >= 0.6 is 0 Å². The Hall–Kier alpha value is -2.04. The Kier molecular flexibility index (Phi) is 7.29. The lowest BCUT2D eigenvalue weighted by Gasteiger charge is -2.23. The fourth-order valence-electron chi connectivity index (χ4n) is 2.13. The molecule has 0 heterocycles.